The highest BCUT2D eigenvalue weighted by molar-refractivity contribution is 9.10. The lowest BCUT2D eigenvalue weighted by atomic mass is 10.1. The van der Waals surface area contributed by atoms with Gasteiger partial charge in [0, 0.05) is 35.8 Å². The van der Waals surface area contributed by atoms with Gasteiger partial charge in [0.15, 0.2) is 0 Å². The van der Waals surface area contributed by atoms with E-state index in [-0.39, 0.29) is 5.92 Å². The summed E-state index contributed by atoms with van der Waals surface area (Å²) in [6, 6.07) is 11.6. The molecule has 2 saturated heterocycles. The van der Waals surface area contributed by atoms with Gasteiger partial charge in [-0.2, -0.15) is 5.26 Å². The van der Waals surface area contributed by atoms with Crippen LogP contribution in [0.3, 0.4) is 0 Å². The van der Waals surface area contributed by atoms with E-state index in [2.05, 4.69) is 56.1 Å². The van der Waals surface area contributed by atoms with Crippen LogP contribution in [0.1, 0.15) is 12.8 Å². The van der Waals surface area contributed by atoms with E-state index in [1.54, 1.807) is 0 Å². The summed E-state index contributed by atoms with van der Waals surface area (Å²) in [6.45, 7) is 4.28. The van der Waals surface area contributed by atoms with E-state index in [4.69, 9.17) is 5.26 Å². The number of rotatable bonds is 2. The molecule has 0 N–H and O–H groups in total. The van der Waals surface area contributed by atoms with Crippen molar-refractivity contribution in [2.75, 3.05) is 31.1 Å². The Hall–Kier alpha value is -1.05. The highest BCUT2D eigenvalue weighted by Crippen LogP contribution is 2.27. The maximum Gasteiger partial charge on any atom is 0.0669 e. The molecule has 0 radical (unpaired) electrons. The Morgan fingerprint density at radius 2 is 1.89 bits per heavy atom. The van der Waals surface area contributed by atoms with Crippen molar-refractivity contribution in [3.8, 4) is 6.07 Å². The van der Waals surface area contributed by atoms with Crippen molar-refractivity contribution in [1.29, 1.82) is 5.26 Å². The molecule has 3 rings (SSSR count). The van der Waals surface area contributed by atoms with Gasteiger partial charge in [0.25, 0.3) is 0 Å². The zero-order chi connectivity index (χ0) is 13.2. The Kier molecular flexibility index (Phi) is 3.76. The van der Waals surface area contributed by atoms with Gasteiger partial charge in [0.2, 0.25) is 0 Å². The molecule has 1 aromatic carbocycles. The molecule has 2 unspecified atom stereocenters. The summed E-state index contributed by atoms with van der Waals surface area (Å²) >= 11 is 3.48. The SMILES string of the molecule is N#CC1CCN(C2CCN(c3ccc(Br)cc3)C2)C1. The average molecular weight is 320 g/mol. The second kappa shape index (κ2) is 5.52. The molecule has 2 aliphatic rings. The van der Waals surface area contributed by atoms with Gasteiger partial charge in [-0.3, -0.25) is 4.90 Å². The highest BCUT2D eigenvalue weighted by Gasteiger charge is 2.32. The van der Waals surface area contributed by atoms with Gasteiger partial charge >= 0.3 is 0 Å². The molecule has 0 aromatic heterocycles. The molecule has 2 atom stereocenters. The summed E-state index contributed by atoms with van der Waals surface area (Å²) in [5, 5.41) is 8.99. The molecule has 0 aliphatic carbocycles. The Morgan fingerprint density at radius 1 is 1.11 bits per heavy atom. The number of hydrogen-bond acceptors (Lipinski definition) is 3. The highest BCUT2D eigenvalue weighted by atomic mass is 79.9. The quantitative estimate of drug-likeness (QED) is 0.839. The van der Waals surface area contributed by atoms with Gasteiger partial charge in [-0.25, -0.2) is 0 Å². The minimum absolute atomic E-state index is 0.252. The largest absolute Gasteiger partial charge is 0.370 e. The maximum absolute atomic E-state index is 8.99. The summed E-state index contributed by atoms with van der Waals surface area (Å²) < 4.78 is 1.13. The summed E-state index contributed by atoms with van der Waals surface area (Å²) in [6.07, 6.45) is 2.26. The first-order valence-electron chi connectivity index (χ1n) is 6.90. The number of hydrogen-bond donors (Lipinski definition) is 0. The molecule has 2 fully saturated rings. The monoisotopic (exact) mass is 319 g/mol. The van der Waals surface area contributed by atoms with Crippen LogP contribution in [0.2, 0.25) is 0 Å². The summed E-state index contributed by atoms with van der Waals surface area (Å²) in [5.41, 5.74) is 1.31. The molecule has 0 saturated carbocycles. The lowest BCUT2D eigenvalue weighted by Gasteiger charge is -2.24. The predicted molar refractivity (Wildman–Crippen MR) is 80.1 cm³/mol. The van der Waals surface area contributed by atoms with Crippen LogP contribution >= 0.6 is 15.9 Å². The average Bonchev–Trinajstić information content (AvgIpc) is 3.08. The fourth-order valence-electron chi connectivity index (χ4n) is 3.15. The zero-order valence-corrected chi connectivity index (χ0v) is 12.5. The fraction of sp³-hybridized carbons (Fsp3) is 0.533. The third-order valence-electron chi connectivity index (χ3n) is 4.27. The molecule has 0 spiro atoms. The summed E-state index contributed by atoms with van der Waals surface area (Å²) in [5.74, 6) is 0.252. The van der Waals surface area contributed by atoms with Crippen LogP contribution < -0.4 is 4.90 Å². The Balaban J connectivity index is 1.61. The number of benzene rings is 1. The number of nitrogens with zero attached hydrogens (tertiary/aromatic N) is 3. The van der Waals surface area contributed by atoms with Crippen LogP contribution in [-0.4, -0.2) is 37.1 Å². The molecule has 19 heavy (non-hydrogen) atoms. The molecule has 0 amide bonds. The van der Waals surface area contributed by atoms with Gasteiger partial charge in [-0.05, 0) is 43.7 Å². The molecular formula is C15H18BrN3. The lowest BCUT2D eigenvalue weighted by molar-refractivity contribution is 0.255. The minimum Gasteiger partial charge on any atom is -0.370 e. The second-order valence-electron chi connectivity index (χ2n) is 5.47. The number of likely N-dealkylation sites (tertiary alicyclic amines) is 1. The van der Waals surface area contributed by atoms with Crippen LogP contribution in [-0.2, 0) is 0 Å². The van der Waals surface area contributed by atoms with Crippen LogP contribution in [0.15, 0.2) is 28.7 Å². The van der Waals surface area contributed by atoms with Gasteiger partial charge in [-0.15, -0.1) is 0 Å². The van der Waals surface area contributed by atoms with Crippen molar-refractivity contribution < 1.29 is 0 Å². The van der Waals surface area contributed by atoms with Crippen LogP contribution in [0.4, 0.5) is 5.69 Å². The second-order valence-corrected chi connectivity index (χ2v) is 6.39. The van der Waals surface area contributed by atoms with E-state index in [1.165, 1.54) is 12.1 Å². The third kappa shape index (κ3) is 2.77. The lowest BCUT2D eigenvalue weighted by Crippen LogP contribution is -2.35. The minimum atomic E-state index is 0.252. The van der Waals surface area contributed by atoms with Gasteiger partial charge in [0.1, 0.15) is 0 Å². The number of halogens is 1. The summed E-state index contributed by atoms with van der Waals surface area (Å²) in [4.78, 5) is 4.96. The molecule has 100 valence electrons. The van der Waals surface area contributed by atoms with E-state index in [0.29, 0.717) is 6.04 Å². The van der Waals surface area contributed by atoms with Crippen molar-refractivity contribution in [2.24, 2.45) is 5.92 Å². The van der Waals surface area contributed by atoms with Gasteiger partial charge < -0.3 is 4.90 Å². The number of anilines is 1. The van der Waals surface area contributed by atoms with Crippen LogP contribution in [0.5, 0.6) is 0 Å². The molecule has 0 bridgehead atoms. The fourth-order valence-corrected chi connectivity index (χ4v) is 3.41. The Morgan fingerprint density at radius 3 is 2.58 bits per heavy atom. The molecular weight excluding hydrogens is 302 g/mol. The van der Waals surface area contributed by atoms with E-state index >= 15 is 0 Å². The van der Waals surface area contributed by atoms with E-state index in [1.807, 2.05) is 0 Å². The normalized spacial score (nSPS) is 27.7. The van der Waals surface area contributed by atoms with Gasteiger partial charge in [0.05, 0.1) is 12.0 Å². The van der Waals surface area contributed by atoms with E-state index in [0.717, 1.165) is 37.1 Å². The van der Waals surface area contributed by atoms with Crippen molar-refractivity contribution in [2.45, 2.75) is 18.9 Å². The molecule has 1 aromatic rings. The van der Waals surface area contributed by atoms with Crippen LogP contribution in [0, 0.1) is 17.2 Å². The van der Waals surface area contributed by atoms with E-state index < -0.39 is 0 Å². The van der Waals surface area contributed by atoms with Crippen molar-refractivity contribution in [3.05, 3.63) is 28.7 Å². The standard InChI is InChI=1S/C15H18BrN3/c16-13-1-3-14(4-2-13)19-8-6-15(11-19)18-7-5-12(9-17)10-18/h1-4,12,15H,5-8,10-11H2. The summed E-state index contributed by atoms with van der Waals surface area (Å²) in [7, 11) is 0. The smallest absolute Gasteiger partial charge is 0.0669 e. The predicted octanol–water partition coefficient (Wildman–Crippen LogP) is 2.87. The number of nitriles is 1. The molecule has 3 nitrogen and oxygen atoms in total. The zero-order valence-electron chi connectivity index (χ0n) is 10.9. The molecule has 2 aliphatic heterocycles. The topological polar surface area (TPSA) is 30.3 Å². The van der Waals surface area contributed by atoms with Gasteiger partial charge in [-0.1, -0.05) is 15.9 Å². The molecule has 4 heteroatoms. The third-order valence-corrected chi connectivity index (χ3v) is 4.80. The van der Waals surface area contributed by atoms with Crippen molar-refractivity contribution in [1.82, 2.24) is 4.90 Å². The molecule has 2 heterocycles. The maximum atomic E-state index is 8.99. The van der Waals surface area contributed by atoms with Crippen molar-refractivity contribution >= 4 is 21.6 Å². The van der Waals surface area contributed by atoms with Crippen LogP contribution in [0.25, 0.3) is 0 Å². The first-order chi connectivity index (χ1) is 9.26. The first-order valence-corrected chi connectivity index (χ1v) is 7.70. The Labute approximate surface area is 122 Å². The Bertz CT molecular complexity index is 479. The van der Waals surface area contributed by atoms with Crippen molar-refractivity contribution in [3.63, 3.8) is 0 Å². The first kappa shape index (κ1) is 13.0. The van der Waals surface area contributed by atoms with E-state index in [9.17, 15) is 0 Å².